The summed E-state index contributed by atoms with van der Waals surface area (Å²) in [6, 6.07) is 11.6. The molecule has 29 heavy (non-hydrogen) atoms. The fourth-order valence-corrected chi connectivity index (χ4v) is 3.61. The second-order valence-electron chi connectivity index (χ2n) is 7.13. The second kappa shape index (κ2) is 7.54. The molecule has 0 aliphatic carbocycles. The quantitative estimate of drug-likeness (QED) is 0.860. The van der Waals surface area contributed by atoms with Gasteiger partial charge < -0.3 is 15.0 Å². The molecule has 150 valence electrons. The number of carbonyl (C=O) groups is 3. The van der Waals surface area contributed by atoms with Crippen molar-refractivity contribution in [3.8, 4) is 0 Å². The summed E-state index contributed by atoms with van der Waals surface area (Å²) in [5.74, 6) is -1.77. The Bertz CT molecular complexity index is 994. The number of amides is 3. The van der Waals surface area contributed by atoms with E-state index in [1.165, 1.54) is 15.9 Å². The summed E-state index contributed by atoms with van der Waals surface area (Å²) in [7, 11) is 0. The smallest absolute Gasteiger partial charge is 0.414 e. The Labute approximate surface area is 167 Å². The molecular weight excluding hydrogens is 377 g/mol. The molecule has 1 atom stereocenters. The highest BCUT2D eigenvalue weighted by Crippen LogP contribution is 2.31. The van der Waals surface area contributed by atoms with Crippen molar-refractivity contribution in [2.75, 3.05) is 34.8 Å². The van der Waals surface area contributed by atoms with Gasteiger partial charge in [0.25, 0.3) is 0 Å². The zero-order valence-corrected chi connectivity index (χ0v) is 15.9. The molecule has 0 spiro atoms. The van der Waals surface area contributed by atoms with Gasteiger partial charge in [-0.1, -0.05) is 18.2 Å². The number of carbonyl (C=O) groups excluding carboxylic acids is 3. The average Bonchev–Trinajstić information content (AvgIpc) is 3.28. The van der Waals surface area contributed by atoms with Crippen LogP contribution >= 0.6 is 0 Å². The number of benzene rings is 2. The molecule has 8 heteroatoms. The van der Waals surface area contributed by atoms with Gasteiger partial charge in [0.2, 0.25) is 11.8 Å². The fourth-order valence-electron chi connectivity index (χ4n) is 3.61. The summed E-state index contributed by atoms with van der Waals surface area (Å²) < 4.78 is 19.2. The van der Waals surface area contributed by atoms with Crippen LogP contribution in [0.1, 0.15) is 12.0 Å². The zero-order chi connectivity index (χ0) is 20.5. The van der Waals surface area contributed by atoms with Crippen LogP contribution in [0.15, 0.2) is 42.5 Å². The molecule has 2 aliphatic heterocycles. The Morgan fingerprint density at radius 2 is 1.93 bits per heavy atom. The van der Waals surface area contributed by atoms with Crippen molar-refractivity contribution in [3.63, 3.8) is 0 Å². The number of cyclic esters (lactones) is 1. The minimum absolute atomic E-state index is 0.00687. The van der Waals surface area contributed by atoms with E-state index in [0.29, 0.717) is 17.9 Å². The zero-order valence-electron chi connectivity index (χ0n) is 15.9. The van der Waals surface area contributed by atoms with E-state index < -0.39 is 17.8 Å². The summed E-state index contributed by atoms with van der Waals surface area (Å²) in [6.07, 6.45) is -0.476. The van der Waals surface area contributed by atoms with Gasteiger partial charge in [-0.2, -0.15) is 0 Å². The summed E-state index contributed by atoms with van der Waals surface area (Å²) >= 11 is 0. The Morgan fingerprint density at radius 3 is 2.66 bits per heavy atom. The van der Waals surface area contributed by atoms with Crippen molar-refractivity contribution in [2.45, 2.75) is 13.3 Å². The molecule has 0 bridgehead atoms. The van der Waals surface area contributed by atoms with Crippen molar-refractivity contribution in [2.24, 2.45) is 5.92 Å². The second-order valence-corrected chi connectivity index (χ2v) is 7.13. The van der Waals surface area contributed by atoms with Gasteiger partial charge in [0.05, 0.1) is 29.5 Å². The molecule has 2 aromatic rings. The predicted molar refractivity (Wildman–Crippen MR) is 105 cm³/mol. The summed E-state index contributed by atoms with van der Waals surface area (Å²) in [4.78, 5) is 39.8. The summed E-state index contributed by atoms with van der Waals surface area (Å²) in [5, 5.41) is 2.81. The highest BCUT2D eigenvalue weighted by atomic mass is 19.1. The number of hydrogen-bond donors (Lipinski definition) is 1. The number of nitrogens with zero attached hydrogens (tertiary/aromatic N) is 2. The lowest BCUT2D eigenvalue weighted by Crippen LogP contribution is -2.30. The minimum atomic E-state index is -0.623. The van der Waals surface area contributed by atoms with Crippen LogP contribution in [0.4, 0.5) is 26.2 Å². The van der Waals surface area contributed by atoms with E-state index in [2.05, 4.69) is 5.32 Å². The van der Waals surface area contributed by atoms with Gasteiger partial charge in [0, 0.05) is 13.0 Å². The van der Waals surface area contributed by atoms with Crippen LogP contribution < -0.4 is 15.1 Å². The maximum Gasteiger partial charge on any atom is 0.414 e. The Morgan fingerprint density at radius 1 is 1.14 bits per heavy atom. The Balaban J connectivity index is 1.50. The molecule has 2 aromatic carbocycles. The highest BCUT2D eigenvalue weighted by Gasteiger charge is 2.36. The molecule has 2 fully saturated rings. The molecule has 1 N–H and O–H groups in total. The molecule has 2 saturated heterocycles. The Kier molecular flexibility index (Phi) is 4.92. The number of nitrogens with one attached hydrogen (secondary N) is 1. The first kappa shape index (κ1) is 18.9. The van der Waals surface area contributed by atoms with Gasteiger partial charge in [-0.3, -0.25) is 14.5 Å². The number of ether oxygens (including phenoxy) is 1. The number of halogens is 1. The van der Waals surface area contributed by atoms with E-state index in [1.54, 1.807) is 43.3 Å². The third-order valence-corrected chi connectivity index (χ3v) is 5.10. The fraction of sp³-hybridized carbons (Fsp3) is 0.286. The first-order chi connectivity index (χ1) is 13.9. The van der Waals surface area contributed by atoms with E-state index in [-0.39, 0.29) is 37.1 Å². The average molecular weight is 397 g/mol. The standard InChI is InChI=1S/C21H20FN3O4/c1-13-6-7-17(15(22)10-13)25-12-14(11-19(25)26)20(27)23-16-4-2-3-5-18(16)24-8-9-29-21(24)28/h2-7,10,14H,8-9,11-12H2,1H3,(H,23,27). The van der Waals surface area contributed by atoms with Crippen molar-refractivity contribution in [1.82, 2.24) is 0 Å². The third kappa shape index (κ3) is 3.65. The maximum atomic E-state index is 14.3. The van der Waals surface area contributed by atoms with E-state index in [0.717, 1.165) is 5.56 Å². The van der Waals surface area contributed by atoms with Crippen LogP contribution in [0.25, 0.3) is 0 Å². The van der Waals surface area contributed by atoms with Crippen LogP contribution in [0.5, 0.6) is 0 Å². The number of rotatable bonds is 4. The molecule has 4 rings (SSSR count). The molecule has 0 saturated carbocycles. The monoisotopic (exact) mass is 397 g/mol. The maximum absolute atomic E-state index is 14.3. The van der Waals surface area contributed by atoms with Crippen LogP contribution in [0.2, 0.25) is 0 Å². The number of para-hydroxylation sites is 2. The molecule has 3 amide bonds. The van der Waals surface area contributed by atoms with Crippen LogP contribution in [0, 0.1) is 18.7 Å². The topological polar surface area (TPSA) is 79.0 Å². The molecule has 0 radical (unpaired) electrons. The van der Waals surface area contributed by atoms with Gasteiger partial charge in [0.1, 0.15) is 12.4 Å². The molecule has 1 unspecified atom stereocenters. The molecule has 2 aliphatic rings. The van der Waals surface area contributed by atoms with Crippen LogP contribution in [-0.4, -0.2) is 37.6 Å². The van der Waals surface area contributed by atoms with Gasteiger partial charge in [-0.25, -0.2) is 9.18 Å². The third-order valence-electron chi connectivity index (χ3n) is 5.10. The van der Waals surface area contributed by atoms with Gasteiger partial charge in [-0.15, -0.1) is 0 Å². The lowest BCUT2D eigenvalue weighted by Gasteiger charge is -2.20. The van der Waals surface area contributed by atoms with E-state index in [1.807, 2.05) is 0 Å². The van der Waals surface area contributed by atoms with Crippen molar-refractivity contribution < 1.29 is 23.5 Å². The lowest BCUT2D eigenvalue weighted by molar-refractivity contribution is -0.122. The highest BCUT2D eigenvalue weighted by molar-refractivity contribution is 6.05. The SMILES string of the molecule is Cc1ccc(N2CC(C(=O)Nc3ccccc3N3CCOC3=O)CC2=O)c(F)c1. The van der Waals surface area contributed by atoms with Gasteiger partial charge in [-0.05, 0) is 36.8 Å². The van der Waals surface area contributed by atoms with Gasteiger partial charge >= 0.3 is 6.09 Å². The van der Waals surface area contributed by atoms with Crippen molar-refractivity contribution >= 4 is 35.0 Å². The summed E-state index contributed by atoms with van der Waals surface area (Å²) in [6.45, 7) is 2.55. The van der Waals surface area contributed by atoms with E-state index in [4.69, 9.17) is 4.74 Å². The van der Waals surface area contributed by atoms with Crippen LogP contribution in [-0.2, 0) is 14.3 Å². The molecule has 0 aromatic heterocycles. The van der Waals surface area contributed by atoms with Crippen molar-refractivity contribution in [1.29, 1.82) is 0 Å². The minimum Gasteiger partial charge on any atom is -0.447 e. The first-order valence-corrected chi connectivity index (χ1v) is 9.35. The Hall–Kier alpha value is -3.42. The number of hydrogen-bond acceptors (Lipinski definition) is 4. The number of aryl methyl sites for hydroxylation is 1. The van der Waals surface area contributed by atoms with Gasteiger partial charge in [0.15, 0.2) is 0 Å². The first-order valence-electron chi connectivity index (χ1n) is 9.35. The number of anilines is 3. The normalized spacial score (nSPS) is 18.9. The largest absolute Gasteiger partial charge is 0.447 e. The predicted octanol–water partition coefficient (Wildman–Crippen LogP) is 3.08. The van der Waals surface area contributed by atoms with E-state index in [9.17, 15) is 18.8 Å². The van der Waals surface area contributed by atoms with Crippen molar-refractivity contribution in [3.05, 3.63) is 53.8 Å². The van der Waals surface area contributed by atoms with Crippen LogP contribution in [0.3, 0.4) is 0 Å². The van der Waals surface area contributed by atoms with E-state index >= 15 is 0 Å². The molecule has 7 nitrogen and oxygen atoms in total. The molecular formula is C21H20FN3O4. The lowest BCUT2D eigenvalue weighted by atomic mass is 10.1. The summed E-state index contributed by atoms with van der Waals surface area (Å²) in [5.41, 5.74) is 1.93. The molecule has 2 heterocycles.